The van der Waals surface area contributed by atoms with Crippen LogP contribution in [0.5, 0.6) is 0 Å². The van der Waals surface area contributed by atoms with Crippen LogP contribution >= 0.6 is 0 Å². The molecule has 6 nitrogen and oxygen atoms in total. The minimum absolute atomic E-state index is 0.470. The Hall–Kier alpha value is -1.69. The van der Waals surface area contributed by atoms with Crippen LogP contribution in [0.2, 0.25) is 0 Å². The van der Waals surface area contributed by atoms with Crippen molar-refractivity contribution in [1.82, 2.24) is 19.9 Å². The predicted octanol–water partition coefficient (Wildman–Crippen LogP) is 1.71. The molecule has 0 bridgehead atoms. The van der Waals surface area contributed by atoms with Crippen LogP contribution in [0, 0.1) is 0 Å². The van der Waals surface area contributed by atoms with Crippen LogP contribution in [-0.4, -0.2) is 19.9 Å². The first-order valence-electron chi connectivity index (χ1n) is 6.15. The maximum Gasteiger partial charge on any atom is 0.276 e. The summed E-state index contributed by atoms with van der Waals surface area (Å²) in [5, 5.41) is 8.37. The molecule has 2 N–H and O–H groups in total. The number of rotatable bonds is 4. The molecule has 0 saturated heterocycles. The molecular formula is C12H19N5O. The van der Waals surface area contributed by atoms with E-state index in [-0.39, 0.29) is 0 Å². The summed E-state index contributed by atoms with van der Waals surface area (Å²) >= 11 is 0. The van der Waals surface area contributed by atoms with E-state index in [4.69, 9.17) is 10.3 Å². The van der Waals surface area contributed by atoms with Gasteiger partial charge in [-0.25, -0.2) is 0 Å². The Kier molecular flexibility index (Phi) is 3.21. The molecule has 2 aromatic heterocycles. The van der Waals surface area contributed by atoms with E-state index < -0.39 is 5.54 Å². The Balaban J connectivity index is 2.42. The summed E-state index contributed by atoms with van der Waals surface area (Å²) in [5.41, 5.74) is 7.20. The average Bonchev–Trinajstić information content (AvgIpc) is 2.94. The second-order valence-corrected chi connectivity index (χ2v) is 4.84. The maximum atomic E-state index is 5.94. The van der Waals surface area contributed by atoms with E-state index in [1.54, 1.807) is 0 Å². The highest BCUT2D eigenvalue weighted by molar-refractivity contribution is 5.48. The molecule has 0 fully saturated rings. The highest BCUT2D eigenvalue weighted by Gasteiger charge is 2.23. The van der Waals surface area contributed by atoms with Gasteiger partial charge < -0.3 is 10.3 Å². The van der Waals surface area contributed by atoms with Crippen molar-refractivity contribution in [2.24, 2.45) is 5.73 Å². The molecule has 0 radical (unpaired) electrons. The van der Waals surface area contributed by atoms with Gasteiger partial charge in [-0.3, -0.25) is 4.68 Å². The van der Waals surface area contributed by atoms with Crippen LogP contribution < -0.4 is 5.73 Å². The van der Waals surface area contributed by atoms with Crippen molar-refractivity contribution in [3.05, 3.63) is 17.6 Å². The zero-order valence-corrected chi connectivity index (χ0v) is 11.3. The van der Waals surface area contributed by atoms with Gasteiger partial charge in [0.25, 0.3) is 5.89 Å². The minimum Gasteiger partial charge on any atom is -0.332 e. The number of nitrogens with zero attached hydrogens (tertiary/aromatic N) is 4. The van der Waals surface area contributed by atoms with Crippen molar-refractivity contribution in [3.8, 4) is 11.6 Å². The highest BCUT2D eigenvalue weighted by atomic mass is 16.5. The van der Waals surface area contributed by atoms with Gasteiger partial charge in [0.2, 0.25) is 0 Å². The lowest BCUT2D eigenvalue weighted by Crippen LogP contribution is -2.30. The standard InChI is InChI=1S/C12H19N5O/c1-5-8-7-9(17(6-2)15-8)10-14-11(16-18-10)12(3,4)13/h7H,5-6,13H2,1-4H3. The molecule has 0 unspecified atom stereocenters. The summed E-state index contributed by atoms with van der Waals surface area (Å²) in [7, 11) is 0. The van der Waals surface area contributed by atoms with Crippen LogP contribution in [0.25, 0.3) is 11.6 Å². The summed E-state index contributed by atoms with van der Waals surface area (Å²) in [6.45, 7) is 8.54. The van der Waals surface area contributed by atoms with Crippen molar-refractivity contribution in [2.45, 2.75) is 46.2 Å². The van der Waals surface area contributed by atoms with Crippen LogP contribution in [0.4, 0.5) is 0 Å². The van der Waals surface area contributed by atoms with Crippen molar-refractivity contribution in [2.75, 3.05) is 0 Å². The lowest BCUT2D eigenvalue weighted by atomic mass is 10.1. The number of hydrogen-bond acceptors (Lipinski definition) is 5. The molecule has 98 valence electrons. The fourth-order valence-corrected chi connectivity index (χ4v) is 1.65. The summed E-state index contributed by atoms with van der Waals surface area (Å²) in [5.74, 6) is 0.969. The van der Waals surface area contributed by atoms with E-state index in [1.165, 1.54) is 0 Å². The van der Waals surface area contributed by atoms with Crippen molar-refractivity contribution in [1.29, 1.82) is 0 Å². The van der Waals surface area contributed by atoms with Gasteiger partial charge in [0, 0.05) is 6.54 Å². The van der Waals surface area contributed by atoms with E-state index in [1.807, 2.05) is 31.5 Å². The average molecular weight is 249 g/mol. The van der Waals surface area contributed by atoms with Gasteiger partial charge in [-0.1, -0.05) is 12.1 Å². The fourth-order valence-electron chi connectivity index (χ4n) is 1.65. The lowest BCUT2D eigenvalue weighted by Gasteiger charge is -2.11. The van der Waals surface area contributed by atoms with Crippen LogP contribution in [0.3, 0.4) is 0 Å². The molecule has 18 heavy (non-hydrogen) atoms. The molecule has 2 rings (SSSR count). The smallest absolute Gasteiger partial charge is 0.276 e. The van der Waals surface area contributed by atoms with Crippen LogP contribution in [-0.2, 0) is 18.5 Å². The zero-order chi connectivity index (χ0) is 13.3. The van der Waals surface area contributed by atoms with Gasteiger partial charge >= 0.3 is 0 Å². The predicted molar refractivity (Wildman–Crippen MR) is 67.8 cm³/mol. The summed E-state index contributed by atoms with van der Waals surface area (Å²) < 4.78 is 7.14. The quantitative estimate of drug-likeness (QED) is 0.891. The molecule has 0 aromatic carbocycles. The second-order valence-electron chi connectivity index (χ2n) is 4.84. The molecule has 6 heteroatoms. The van der Waals surface area contributed by atoms with Gasteiger partial charge in [-0.15, -0.1) is 0 Å². The van der Waals surface area contributed by atoms with Crippen LogP contribution in [0.1, 0.15) is 39.2 Å². The van der Waals surface area contributed by atoms with E-state index >= 15 is 0 Å². The monoisotopic (exact) mass is 249 g/mol. The van der Waals surface area contributed by atoms with E-state index in [0.717, 1.165) is 24.4 Å². The molecular weight excluding hydrogens is 230 g/mol. The summed E-state index contributed by atoms with van der Waals surface area (Å²) in [6.07, 6.45) is 0.878. The summed E-state index contributed by atoms with van der Waals surface area (Å²) in [4.78, 5) is 4.34. The molecule has 0 amide bonds. The zero-order valence-electron chi connectivity index (χ0n) is 11.3. The van der Waals surface area contributed by atoms with Crippen molar-refractivity contribution in [3.63, 3.8) is 0 Å². The van der Waals surface area contributed by atoms with Gasteiger partial charge in [0.05, 0.1) is 11.2 Å². The molecule has 0 spiro atoms. The van der Waals surface area contributed by atoms with Gasteiger partial charge in [0.1, 0.15) is 5.69 Å². The normalized spacial score (nSPS) is 12.1. The highest BCUT2D eigenvalue weighted by Crippen LogP contribution is 2.22. The number of aromatic nitrogens is 4. The number of hydrogen-bond donors (Lipinski definition) is 1. The van der Waals surface area contributed by atoms with E-state index in [9.17, 15) is 0 Å². The first kappa shape index (κ1) is 12.8. The molecule has 0 saturated carbocycles. The molecule has 2 heterocycles. The third-order valence-electron chi connectivity index (χ3n) is 2.71. The third kappa shape index (κ3) is 2.28. The maximum absolute atomic E-state index is 5.94. The third-order valence-corrected chi connectivity index (χ3v) is 2.71. The van der Waals surface area contributed by atoms with Crippen molar-refractivity contribution >= 4 is 0 Å². The molecule has 0 aliphatic rings. The van der Waals surface area contributed by atoms with Crippen LogP contribution in [0.15, 0.2) is 10.6 Å². The Labute approximate surface area is 106 Å². The number of nitrogens with two attached hydrogens (primary N) is 1. The SMILES string of the molecule is CCc1cc(-c2nc(C(C)(C)N)no2)n(CC)n1. The molecule has 0 atom stereocenters. The molecule has 0 aliphatic carbocycles. The Morgan fingerprint density at radius 2 is 2.11 bits per heavy atom. The first-order chi connectivity index (χ1) is 8.45. The Bertz CT molecular complexity index is 535. The largest absolute Gasteiger partial charge is 0.332 e. The Morgan fingerprint density at radius 1 is 1.39 bits per heavy atom. The van der Waals surface area contributed by atoms with E-state index in [2.05, 4.69) is 22.2 Å². The molecule has 2 aromatic rings. The number of aryl methyl sites for hydroxylation is 2. The Morgan fingerprint density at radius 3 is 2.61 bits per heavy atom. The fraction of sp³-hybridized carbons (Fsp3) is 0.583. The lowest BCUT2D eigenvalue weighted by molar-refractivity contribution is 0.394. The van der Waals surface area contributed by atoms with Gasteiger partial charge in [-0.05, 0) is 33.3 Å². The second kappa shape index (κ2) is 4.53. The minimum atomic E-state index is -0.605. The molecule has 0 aliphatic heterocycles. The summed E-state index contributed by atoms with van der Waals surface area (Å²) in [6, 6.07) is 1.98. The van der Waals surface area contributed by atoms with Gasteiger partial charge in [-0.2, -0.15) is 10.1 Å². The van der Waals surface area contributed by atoms with Gasteiger partial charge in [0.15, 0.2) is 5.82 Å². The van der Waals surface area contributed by atoms with Crippen molar-refractivity contribution < 1.29 is 4.52 Å². The van der Waals surface area contributed by atoms with E-state index in [0.29, 0.717) is 11.7 Å². The topological polar surface area (TPSA) is 82.8 Å². The first-order valence-corrected chi connectivity index (χ1v) is 6.15.